The van der Waals surface area contributed by atoms with E-state index >= 15 is 0 Å². The minimum atomic E-state index is -0.0392. The van der Waals surface area contributed by atoms with Crippen LogP contribution in [0.2, 0.25) is 0 Å². The Morgan fingerprint density at radius 3 is 2.55 bits per heavy atom. The van der Waals surface area contributed by atoms with E-state index in [1.807, 2.05) is 11.8 Å². The Bertz CT molecular complexity index is 679. The highest BCUT2D eigenvalue weighted by Crippen LogP contribution is 2.20. The Balaban J connectivity index is 1.83. The molecule has 1 aromatic heterocycles. The summed E-state index contributed by atoms with van der Waals surface area (Å²) in [5.74, 6) is 2.26. The van der Waals surface area contributed by atoms with E-state index < -0.39 is 0 Å². The van der Waals surface area contributed by atoms with Crippen LogP contribution in [0.4, 0.5) is 0 Å². The summed E-state index contributed by atoms with van der Waals surface area (Å²) in [6.45, 7) is 2.62. The third kappa shape index (κ3) is 3.74. The fourth-order valence-corrected chi connectivity index (χ4v) is 3.78. The second-order valence-electron chi connectivity index (χ2n) is 5.16. The van der Waals surface area contributed by atoms with Crippen molar-refractivity contribution in [3.05, 3.63) is 46.8 Å². The van der Waals surface area contributed by atoms with Crippen LogP contribution < -0.4 is 5.56 Å². The number of hydrogen-bond donors (Lipinski definition) is 0. The maximum atomic E-state index is 12.0. The molecule has 22 heavy (non-hydrogen) atoms. The number of hydrogen-bond acceptors (Lipinski definition) is 5. The summed E-state index contributed by atoms with van der Waals surface area (Å²) in [5, 5.41) is 4.54. The predicted octanol–water partition coefficient (Wildman–Crippen LogP) is 2.64. The molecule has 2 aromatic rings. The van der Waals surface area contributed by atoms with Gasteiger partial charge in [0.05, 0.1) is 12.4 Å². The lowest BCUT2D eigenvalue weighted by atomic mass is 10.1. The van der Waals surface area contributed by atoms with Crippen LogP contribution >= 0.6 is 23.5 Å². The van der Waals surface area contributed by atoms with Crippen molar-refractivity contribution in [2.75, 3.05) is 30.9 Å². The molecule has 116 valence electrons. The molecule has 1 aromatic carbocycles. The highest BCUT2D eigenvalue weighted by molar-refractivity contribution is 7.99. The van der Waals surface area contributed by atoms with Crippen molar-refractivity contribution in [1.82, 2.24) is 14.7 Å². The van der Waals surface area contributed by atoms with Crippen LogP contribution in [0.15, 0.2) is 46.1 Å². The Hall–Kier alpha value is -1.24. The first-order chi connectivity index (χ1) is 10.8. The zero-order valence-electron chi connectivity index (χ0n) is 12.6. The molecular weight excluding hydrogens is 314 g/mol. The Morgan fingerprint density at radius 2 is 1.86 bits per heavy atom. The number of thioether (sulfide) groups is 2. The van der Waals surface area contributed by atoms with Gasteiger partial charge in [-0.05, 0) is 24.5 Å². The molecule has 1 saturated heterocycles. The first-order valence-corrected chi connectivity index (χ1v) is 9.67. The summed E-state index contributed by atoms with van der Waals surface area (Å²) >= 11 is 3.68. The van der Waals surface area contributed by atoms with Gasteiger partial charge in [0.2, 0.25) is 0 Å². The van der Waals surface area contributed by atoms with Crippen LogP contribution in [0, 0.1) is 0 Å². The zero-order chi connectivity index (χ0) is 15.4. The topological polar surface area (TPSA) is 38.1 Å². The van der Waals surface area contributed by atoms with E-state index in [1.54, 1.807) is 28.6 Å². The van der Waals surface area contributed by atoms with Gasteiger partial charge in [0, 0.05) is 41.1 Å². The van der Waals surface area contributed by atoms with Gasteiger partial charge in [0.15, 0.2) is 0 Å². The first-order valence-electron chi connectivity index (χ1n) is 7.29. The fraction of sp³-hybridized carbons (Fsp3) is 0.375. The van der Waals surface area contributed by atoms with E-state index in [0.29, 0.717) is 6.67 Å². The normalized spacial score (nSPS) is 15.9. The van der Waals surface area contributed by atoms with Crippen molar-refractivity contribution in [2.45, 2.75) is 11.6 Å². The third-order valence-corrected chi connectivity index (χ3v) is 5.38. The van der Waals surface area contributed by atoms with Crippen LogP contribution in [-0.4, -0.2) is 45.5 Å². The van der Waals surface area contributed by atoms with Gasteiger partial charge in [-0.1, -0.05) is 12.1 Å². The molecule has 3 rings (SSSR count). The fourth-order valence-electron chi connectivity index (χ4n) is 2.40. The third-order valence-electron chi connectivity index (χ3n) is 3.69. The van der Waals surface area contributed by atoms with Crippen molar-refractivity contribution >= 4 is 23.5 Å². The minimum absolute atomic E-state index is 0.0392. The van der Waals surface area contributed by atoms with Gasteiger partial charge in [0.1, 0.15) is 0 Å². The average molecular weight is 333 g/mol. The number of benzene rings is 1. The standard InChI is InChI=1S/C16H19N3OS2/c1-21-14-4-2-13(3-5-14)15-6-7-16(20)19(17-15)12-18-8-10-22-11-9-18/h2-7H,8-12H2,1H3. The van der Waals surface area contributed by atoms with E-state index in [4.69, 9.17) is 0 Å². The molecule has 0 spiro atoms. The van der Waals surface area contributed by atoms with Crippen LogP contribution in [-0.2, 0) is 6.67 Å². The molecule has 1 fully saturated rings. The molecule has 0 aliphatic carbocycles. The Labute approximate surface area is 138 Å². The van der Waals surface area contributed by atoms with Crippen LogP contribution in [0.1, 0.15) is 0 Å². The molecule has 0 unspecified atom stereocenters. The number of aromatic nitrogens is 2. The molecule has 0 radical (unpaired) electrons. The quantitative estimate of drug-likeness (QED) is 0.804. The van der Waals surface area contributed by atoms with Crippen LogP contribution in [0.5, 0.6) is 0 Å². The number of nitrogens with zero attached hydrogens (tertiary/aromatic N) is 3. The highest BCUT2D eigenvalue weighted by Gasteiger charge is 2.12. The average Bonchev–Trinajstić information content (AvgIpc) is 2.58. The molecule has 1 aliphatic rings. The second-order valence-corrected chi connectivity index (χ2v) is 7.26. The van der Waals surface area contributed by atoms with Crippen molar-refractivity contribution in [1.29, 1.82) is 0 Å². The Kier molecular flexibility index (Phi) is 5.23. The molecule has 6 heteroatoms. The highest BCUT2D eigenvalue weighted by atomic mass is 32.2. The summed E-state index contributed by atoms with van der Waals surface area (Å²) < 4.78 is 1.58. The predicted molar refractivity (Wildman–Crippen MR) is 94.6 cm³/mol. The summed E-state index contributed by atoms with van der Waals surface area (Å²) in [7, 11) is 0. The van der Waals surface area contributed by atoms with E-state index in [0.717, 1.165) is 35.9 Å². The SMILES string of the molecule is CSc1ccc(-c2ccc(=O)n(CN3CCSCC3)n2)cc1. The molecule has 0 atom stereocenters. The minimum Gasteiger partial charge on any atom is -0.283 e. The van der Waals surface area contributed by atoms with E-state index in [9.17, 15) is 4.79 Å². The lowest BCUT2D eigenvalue weighted by molar-refractivity contribution is 0.223. The van der Waals surface area contributed by atoms with E-state index in [1.165, 1.54) is 4.90 Å². The smallest absolute Gasteiger partial charge is 0.268 e. The van der Waals surface area contributed by atoms with Crippen LogP contribution in [0.3, 0.4) is 0 Å². The zero-order valence-corrected chi connectivity index (χ0v) is 14.2. The molecule has 0 amide bonds. The first kappa shape index (κ1) is 15.6. The summed E-state index contributed by atoms with van der Waals surface area (Å²) in [6.07, 6.45) is 2.06. The number of rotatable bonds is 4. The van der Waals surface area contributed by atoms with Crippen molar-refractivity contribution in [3.8, 4) is 11.3 Å². The molecule has 0 bridgehead atoms. The lowest BCUT2D eigenvalue weighted by Gasteiger charge is -2.26. The van der Waals surface area contributed by atoms with E-state index in [-0.39, 0.29) is 5.56 Å². The van der Waals surface area contributed by atoms with Gasteiger partial charge in [-0.3, -0.25) is 9.69 Å². The second kappa shape index (κ2) is 7.35. The van der Waals surface area contributed by atoms with Crippen molar-refractivity contribution < 1.29 is 0 Å². The van der Waals surface area contributed by atoms with Crippen molar-refractivity contribution in [3.63, 3.8) is 0 Å². The molecular formula is C16H19N3OS2. The van der Waals surface area contributed by atoms with Crippen molar-refractivity contribution in [2.24, 2.45) is 0 Å². The Morgan fingerprint density at radius 1 is 1.14 bits per heavy atom. The summed E-state index contributed by atoms with van der Waals surface area (Å²) in [6, 6.07) is 11.7. The maximum absolute atomic E-state index is 12.0. The van der Waals surface area contributed by atoms with Gasteiger partial charge >= 0.3 is 0 Å². The molecule has 2 heterocycles. The monoisotopic (exact) mass is 333 g/mol. The largest absolute Gasteiger partial charge is 0.283 e. The van der Waals surface area contributed by atoms with Crippen LogP contribution in [0.25, 0.3) is 11.3 Å². The van der Waals surface area contributed by atoms with Gasteiger partial charge in [-0.25, -0.2) is 4.68 Å². The summed E-state index contributed by atoms with van der Waals surface area (Å²) in [4.78, 5) is 15.6. The molecule has 1 aliphatic heterocycles. The lowest BCUT2D eigenvalue weighted by Crippen LogP contribution is -2.38. The van der Waals surface area contributed by atoms with Gasteiger partial charge in [0.25, 0.3) is 5.56 Å². The van der Waals surface area contributed by atoms with Gasteiger partial charge < -0.3 is 0 Å². The maximum Gasteiger partial charge on any atom is 0.268 e. The van der Waals surface area contributed by atoms with E-state index in [2.05, 4.69) is 40.5 Å². The summed E-state index contributed by atoms with van der Waals surface area (Å²) in [5.41, 5.74) is 1.85. The van der Waals surface area contributed by atoms with Gasteiger partial charge in [-0.15, -0.1) is 11.8 Å². The molecule has 4 nitrogen and oxygen atoms in total. The molecule has 0 N–H and O–H groups in total. The van der Waals surface area contributed by atoms with Gasteiger partial charge in [-0.2, -0.15) is 16.9 Å². The molecule has 0 saturated carbocycles.